The van der Waals surface area contributed by atoms with Crippen molar-refractivity contribution < 1.29 is 86.4 Å². The number of aliphatic carboxylic acids is 2. The van der Waals surface area contributed by atoms with E-state index in [2.05, 4.69) is 9.47 Å². The molecule has 0 aromatic heterocycles. The number of aliphatic hydroxyl groups is 4. The minimum absolute atomic E-state index is 0.200. The van der Waals surface area contributed by atoms with Crippen molar-refractivity contribution in [3.63, 3.8) is 0 Å². The lowest BCUT2D eigenvalue weighted by Gasteiger charge is -2.12. The molecule has 1 rings (SSSR count). The zero-order valence-electron chi connectivity index (χ0n) is 15.4. The monoisotopic (exact) mass is 582 g/mol. The van der Waals surface area contributed by atoms with Gasteiger partial charge in [-0.05, 0) is 43.2 Å². The Labute approximate surface area is 199 Å². The predicted octanol–water partition coefficient (Wildman–Crippen LogP) is -1.40. The van der Waals surface area contributed by atoms with Crippen molar-refractivity contribution >= 4 is 79.0 Å². The minimum Gasteiger partial charge on any atom is -0.479 e. The van der Waals surface area contributed by atoms with Crippen molar-refractivity contribution in [3.05, 3.63) is 0 Å². The average molecular weight is 582 g/mol. The van der Waals surface area contributed by atoms with E-state index in [0.29, 0.717) is 0 Å². The van der Waals surface area contributed by atoms with Gasteiger partial charge in [0, 0.05) is 0 Å². The standard InChI is InChI=1S/C8H10O11S4.C4F4O3/c9-1(10)5(15)20-22-7(17)3(13)19-4(14)8(18)23-21-6(16)2(11)12;5-3(6)1(9)11-2(10)4(3,7)8/h5-8,15-18H,(H,9,10)(H,11,12);. The summed E-state index contributed by atoms with van der Waals surface area (Å²) in [5.74, 6) is -21.4. The van der Waals surface area contributed by atoms with Gasteiger partial charge in [-0.15, -0.1) is 0 Å². The third-order valence-corrected chi connectivity index (χ3v) is 7.19. The first-order chi connectivity index (χ1) is 15.4. The van der Waals surface area contributed by atoms with Gasteiger partial charge >= 0.3 is 47.7 Å². The number of carboxylic acids is 2. The van der Waals surface area contributed by atoms with Gasteiger partial charge in [0.1, 0.15) is 0 Å². The van der Waals surface area contributed by atoms with Crippen LogP contribution in [-0.2, 0) is 38.2 Å². The normalized spacial score (nSPS) is 19.5. The highest BCUT2D eigenvalue weighted by molar-refractivity contribution is 8.77. The lowest BCUT2D eigenvalue weighted by atomic mass is 10.2. The number of carbonyl (C=O) groups excluding carboxylic acids is 4. The van der Waals surface area contributed by atoms with Crippen molar-refractivity contribution in [3.8, 4) is 0 Å². The van der Waals surface area contributed by atoms with Gasteiger partial charge in [0.05, 0.1) is 0 Å². The molecule has 0 bridgehead atoms. The molecule has 4 atom stereocenters. The van der Waals surface area contributed by atoms with E-state index in [4.69, 9.17) is 20.4 Å². The zero-order chi connectivity index (χ0) is 27.0. The highest BCUT2D eigenvalue weighted by Crippen LogP contribution is 2.41. The Morgan fingerprint density at radius 3 is 1.15 bits per heavy atom. The molecule has 0 aliphatic carbocycles. The SMILES string of the molecule is O=C(O)C(O)SSC(O)C(=O)OC(=O)C(O)SSC(O)C(=O)O.O=C1OC(=O)C(F)(F)C1(F)F. The van der Waals surface area contributed by atoms with Gasteiger partial charge in [0.15, 0.2) is 0 Å². The molecule has 0 aromatic rings. The number of halogens is 4. The van der Waals surface area contributed by atoms with E-state index in [1.807, 2.05) is 0 Å². The Morgan fingerprint density at radius 1 is 0.676 bits per heavy atom. The summed E-state index contributed by atoms with van der Waals surface area (Å²) in [4.78, 5) is 62.8. The zero-order valence-corrected chi connectivity index (χ0v) is 18.7. The van der Waals surface area contributed by atoms with Crippen molar-refractivity contribution in [2.45, 2.75) is 33.6 Å². The largest absolute Gasteiger partial charge is 0.479 e. The van der Waals surface area contributed by atoms with Gasteiger partial charge in [-0.3, -0.25) is 0 Å². The fourth-order valence-electron chi connectivity index (χ4n) is 1.04. The van der Waals surface area contributed by atoms with Crippen molar-refractivity contribution in [2.24, 2.45) is 0 Å². The molecule has 4 unspecified atom stereocenters. The smallest absolute Gasteiger partial charge is 0.416 e. The molecule has 22 heteroatoms. The number of hydrogen-bond donors (Lipinski definition) is 6. The van der Waals surface area contributed by atoms with E-state index in [9.17, 15) is 56.5 Å². The number of hydrogen-bond acceptors (Lipinski definition) is 16. The predicted molar refractivity (Wildman–Crippen MR) is 102 cm³/mol. The average Bonchev–Trinajstić information content (AvgIpc) is 2.87. The highest BCUT2D eigenvalue weighted by Gasteiger charge is 2.75. The van der Waals surface area contributed by atoms with Crippen LogP contribution in [0, 0.1) is 0 Å². The summed E-state index contributed by atoms with van der Waals surface area (Å²) in [6.45, 7) is 0. The van der Waals surface area contributed by atoms with E-state index in [1.165, 1.54) is 0 Å². The van der Waals surface area contributed by atoms with Crippen LogP contribution < -0.4 is 0 Å². The van der Waals surface area contributed by atoms with Gasteiger partial charge in [-0.1, -0.05) is 0 Å². The fraction of sp³-hybridized carbons (Fsp3) is 0.500. The lowest BCUT2D eigenvalue weighted by molar-refractivity contribution is -0.192. The van der Waals surface area contributed by atoms with Gasteiger partial charge in [0.2, 0.25) is 21.7 Å². The molecule has 14 nitrogen and oxygen atoms in total. The fourth-order valence-corrected chi connectivity index (χ4v) is 4.11. The van der Waals surface area contributed by atoms with Crippen LogP contribution in [0.15, 0.2) is 0 Å². The third kappa shape index (κ3) is 9.09. The molecule has 1 aliphatic heterocycles. The van der Waals surface area contributed by atoms with Gasteiger partial charge in [-0.25, -0.2) is 28.8 Å². The Morgan fingerprint density at radius 2 is 0.941 bits per heavy atom. The van der Waals surface area contributed by atoms with E-state index < -0.39 is 69.4 Å². The maximum absolute atomic E-state index is 11.9. The second-order valence-corrected chi connectivity index (χ2v) is 9.90. The van der Waals surface area contributed by atoms with Gasteiger partial charge in [0.25, 0.3) is 0 Å². The molecule has 1 aliphatic rings. The Hall–Kier alpha value is -1.82. The van der Waals surface area contributed by atoms with Crippen molar-refractivity contribution in [2.75, 3.05) is 0 Å². The number of aliphatic hydroxyl groups excluding tert-OH is 4. The summed E-state index contributed by atoms with van der Waals surface area (Å²) in [6, 6.07) is 0. The molecule has 34 heavy (non-hydrogen) atoms. The topological polar surface area (TPSA) is 242 Å². The number of rotatable bonds is 10. The van der Waals surface area contributed by atoms with Crippen LogP contribution in [-0.4, -0.2) is 100 Å². The Bertz CT molecular complexity index is 763. The summed E-state index contributed by atoms with van der Waals surface area (Å²) in [7, 11) is 0.829. The molecule has 0 aromatic carbocycles. The summed E-state index contributed by atoms with van der Waals surface area (Å²) in [6.07, 6.45) is 0. The first-order valence-electron chi connectivity index (χ1n) is 7.46. The quantitative estimate of drug-likeness (QED) is 0.0570. The first kappa shape index (κ1) is 32.2. The van der Waals surface area contributed by atoms with Crippen LogP contribution in [0.2, 0.25) is 0 Å². The van der Waals surface area contributed by atoms with Crippen molar-refractivity contribution in [1.29, 1.82) is 0 Å². The van der Waals surface area contributed by atoms with E-state index in [1.54, 1.807) is 0 Å². The molecule has 0 radical (unpaired) electrons. The van der Waals surface area contributed by atoms with Crippen LogP contribution in [0.1, 0.15) is 0 Å². The summed E-state index contributed by atoms with van der Waals surface area (Å²) in [5, 5.41) is 53.0. The molecule has 1 fully saturated rings. The molecule has 6 N–H and O–H groups in total. The Kier molecular flexibility index (Phi) is 12.6. The molecular formula is C12H10F4O14S4. The maximum Gasteiger partial charge on any atom is 0.416 e. The van der Waals surface area contributed by atoms with Gasteiger partial charge < -0.3 is 40.1 Å². The second kappa shape index (κ2) is 13.3. The van der Waals surface area contributed by atoms with Gasteiger partial charge in [-0.2, -0.15) is 17.6 Å². The number of carbonyl (C=O) groups is 6. The molecule has 0 spiro atoms. The molecule has 194 valence electrons. The maximum atomic E-state index is 11.9. The molecule has 0 amide bonds. The number of esters is 4. The highest BCUT2D eigenvalue weighted by atomic mass is 33.1. The minimum atomic E-state index is -5.02. The number of ether oxygens (including phenoxy) is 2. The first-order valence-corrected chi connectivity index (χ1v) is 12.0. The van der Waals surface area contributed by atoms with Crippen LogP contribution in [0.3, 0.4) is 0 Å². The van der Waals surface area contributed by atoms with Crippen LogP contribution in [0.25, 0.3) is 0 Å². The number of carboxylic acid groups (broad SMARTS) is 2. The van der Waals surface area contributed by atoms with Crippen molar-refractivity contribution in [1.82, 2.24) is 0 Å². The second-order valence-electron chi connectivity index (χ2n) is 5.04. The summed E-state index contributed by atoms with van der Waals surface area (Å²) in [5.41, 5.74) is -7.89. The van der Waals surface area contributed by atoms with E-state index in [-0.39, 0.29) is 43.2 Å². The molecule has 1 heterocycles. The van der Waals surface area contributed by atoms with Crippen LogP contribution >= 0.6 is 43.2 Å². The summed E-state index contributed by atoms with van der Waals surface area (Å²) < 4.78 is 54.8. The Balaban J connectivity index is 0.000000818. The van der Waals surface area contributed by atoms with E-state index in [0.717, 1.165) is 0 Å². The number of alkyl halides is 4. The van der Waals surface area contributed by atoms with Crippen LogP contribution in [0.4, 0.5) is 17.6 Å². The molecule has 0 saturated carbocycles. The number of cyclic esters (lactones) is 2. The van der Waals surface area contributed by atoms with Crippen LogP contribution in [0.5, 0.6) is 0 Å². The third-order valence-electron chi connectivity index (χ3n) is 2.60. The molecular weight excluding hydrogens is 572 g/mol. The summed E-state index contributed by atoms with van der Waals surface area (Å²) >= 11 is 0. The lowest BCUT2D eigenvalue weighted by Crippen LogP contribution is -2.43. The molecule has 1 saturated heterocycles. The van der Waals surface area contributed by atoms with E-state index >= 15 is 0 Å².